The molecule has 2 N–H and O–H groups in total. The summed E-state index contributed by atoms with van der Waals surface area (Å²) in [5.41, 5.74) is -1.00. The number of nitrogens with zero attached hydrogens (tertiary/aromatic N) is 1. The Hall–Kier alpha value is -1.14. The summed E-state index contributed by atoms with van der Waals surface area (Å²) in [5, 5.41) is 12.6. The molecule has 0 aromatic heterocycles. The summed E-state index contributed by atoms with van der Waals surface area (Å²) in [6, 6.07) is 0. The first-order chi connectivity index (χ1) is 9.10. The first-order valence-electron chi connectivity index (χ1n) is 6.96. The van der Waals surface area contributed by atoms with Gasteiger partial charge in [-0.25, -0.2) is 4.79 Å². The van der Waals surface area contributed by atoms with Crippen LogP contribution in [0.2, 0.25) is 0 Å². The molecule has 2 aliphatic heterocycles. The first-order valence-corrected chi connectivity index (χ1v) is 6.96. The van der Waals surface area contributed by atoms with Gasteiger partial charge in [0.2, 0.25) is 5.91 Å². The van der Waals surface area contributed by atoms with E-state index in [0.717, 1.165) is 13.0 Å². The standard InChI is InChI=1S/C13H22N2O4/c1-2-13(12(17)18)4-3-6-15(13)11(16)8-10-9-14-5-7-19-10/h10,14H,2-9H2,1H3,(H,17,18). The number of carbonyl (C=O) groups excluding carboxylic acids is 1. The van der Waals surface area contributed by atoms with Crippen molar-refractivity contribution in [1.82, 2.24) is 10.2 Å². The van der Waals surface area contributed by atoms with E-state index in [2.05, 4.69) is 5.32 Å². The molecule has 2 unspecified atom stereocenters. The predicted molar refractivity (Wildman–Crippen MR) is 68.8 cm³/mol. The van der Waals surface area contributed by atoms with Crippen LogP contribution in [-0.4, -0.2) is 59.8 Å². The van der Waals surface area contributed by atoms with Gasteiger partial charge in [-0.2, -0.15) is 0 Å². The number of carboxylic acids is 1. The largest absolute Gasteiger partial charge is 0.479 e. The molecule has 2 saturated heterocycles. The lowest BCUT2D eigenvalue weighted by atomic mass is 9.92. The summed E-state index contributed by atoms with van der Waals surface area (Å²) in [5.74, 6) is -0.987. The van der Waals surface area contributed by atoms with E-state index >= 15 is 0 Å². The number of hydrogen-bond donors (Lipinski definition) is 2. The molecule has 0 aromatic carbocycles. The maximum Gasteiger partial charge on any atom is 0.329 e. The Morgan fingerprint density at radius 2 is 2.32 bits per heavy atom. The van der Waals surface area contributed by atoms with Crippen molar-refractivity contribution in [3.63, 3.8) is 0 Å². The molecule has 2 heterocycles. The van der Waals surface area contributed by atoms with E-state index in [1.165, 1.54) is 0 Å². The third kappa shape index (κ3) is 2.74. The van der Waals surface area contributed by atoms with Crippen molar-refractivity contribution in [3.05, 3.63) is 0 Å². The number of amides is 1. The molecule has 2 aliphatic rings. The fourth-order valence-electron chi connectivity index (χ4n) is 3.04. The van der Waals surface area contributed by atoms with E-state index in [9.17, 15) is 14.7 Å². The summed E-state index contributed by atoms with van der Waals surface area (Å²) >= 11 is 0. The number of carboxylic acid groups (broad SMARTS) is 1. The fraction of sp³-hybridized carbons (Fsp3) is 0.846. The molecule has 2 rings (SSSR count). The normalized spacial score (nSPS) is 31.4. The van der Waals surface area contributed by atoms with Gasteiger partial charge in [-0.15, -0.1) is 0 Å². The Balaban J connectivity index is 2.02. The van der Waals surface area contributed by atoms with E-state index < -0.39 is 11.5 Å². The summed E-state index contributed by atoms with van der Waals surface area (Å²) in [7, 11) is 0. The van der Waals surface area contributed by atoms with Gasteiger partial charge in [-0.05, 0) is 19.3 Å². The Kier molecular flexibility index (Phi) is 4.42. The highest BCUT2D eigenvalue weighted by Gasteiger charge is 2.48. The van der Waals surface area contributed by atoms with Crippen LogP contribution in [-0.2, 0) is 14.3 Å². The van der Waals surface area contributed by atoms with Gasteiger partial charge in [0, 0.05) is 19.6 Å². The number of nitrogens with one attached hydrogen (secondary N) is 1. The van der Waals surface area contributed by atoms with Gasteiger partial charge in [0.1, 0.15) is 5.54 Å². The van der Waals surface area contributed by atoms with Gasteiger partial charge in [-0.1, -0.05) is 6.92 Å². The Morgan fingerprint density at radius 3 is 2.89 bits per heavy atom. The second kappa shape index (κ2) is 5.88. The molecule has 19 heavy (non-hydrogen) atoms. The fourth-order valence-corrected chi connectivity index (χ4v) is 3.04. The molecule has 1 amide bonds. The Labute approximate surface area is 113 Å². The molecule has 6 heteroatoms. The topological polar surface area (TPSA) is 78.9 Å². The van der Waals surface area contributed by atoms with Crippen LogP contribution in [0.25, 0.3) is 0 Å². The number of hydrogen-bond acceptors (Lipinski definition) is 4. The molecular weight excluding hydrogens is 248 g/mol. The second-order valence-electron chi connectivity index (χ2n) is 5.24. The van der Waals surface area contributed by atoms with Crippen LogP contribution >= 0.6 is 0 Å². The lowest BCUT2D eigenvalue weighted by Crippen LogP contribution is -2.54. The average molecular weight is 270 g/mol. The van der Waals surface area contributed by atoms with Crippen LogP contribution in [0.1, 0.15) is 32.6 Å². The Morgan fingerprint density at radius 1 is 1.53 bits per heavy atom. The number of aliphatic carboxylic acids is 1. The van der Waals surface area contributed by atoms with E-state index in [0.29, 0.717) is 32.5 Å². The quantitative estimate of drug-likeness (QED) is 0.764. The van der Waals surface area contributed by atoms with Crippen molar-refractivity contribution in [3.8, 4) is 0 Å². The monoisotopic (exact) mass is 270 g/mol. The minimum Gasteiger partial charge on any atom is -0.479 e. The van der Waals surface area contributed by atoms with Gasteiger partial charge < -0.3 is 20.1 Å². The van der Waals surface area contributed by atoms with Crippen LogP contribution in [0.3, 0.4) is 0 Å². The molecule has 0 aliphatic carbocycles. The zero-order chi connectivity index (χ0) is 13.9. The zero-order valence-electron chi connectivity index (χ0n) is 11.4. The van der Waals surface area contributed by atoms with Crippen molar-refractivity contribution in [2.75, 3.05) is 26.2 Å². The maximum absolute atomic E-state index is 12.3. The molecule has 2 atom stereocenters. The third-order valence-corrected chi connectivity index (χ3v) is 4.18. The van der Waals surface area contributed by atoms with Crippen LogP contribution in [0, 0.1) is 0 Å². The van der Waals surface area contributed by atoms with E-state index in [-0.39, 0.29) is 18.4 Å². The van der Waals surface area contributed by atoms with Gasteiger partial charge >= 0.3 is 5.97 Å². The van der Waals surface area contributed by atoms with Crippen LogP contribution in [0.15, 0.2) is 0 Å². The zero-order valence-corrected chi connectivity index (χ0v) is 11.4. The molecule has 6 nitrogen and oxygen atoms in total. The summed E-state index contributed by atoms with van der Waals surface area (Å²) in [6.45, 7) is 4.45. The number of ether oxygens (including phenoxy) is 1. The number of carbonyl (C=O) groups is 2. The van der Waals surface area contributed by atoms with Gasteiger partial charge in [0.25, 0.3) is 0 Å². The van der Waals surface area contributed by atoms with E-state index in [1.54, 1.807) is 4.90 Å². The SMILES string of the molecule is CCC1(C(=O)O)CCCN1C(=O)CC1CNCCO1. The van der Waals surface area contributed by atoms with Crippen LogP contribution in [0.5, 0.6) is 0 Å². The van der Waals surface area contributed by atoms with Crippen molar-refractivity contribution >= 4 is 11.9 Å². The van der Waals surface area contributed by atoms with Gasteiger partial charge in [0.15, 0.2) is 0 Å². The van der Waals surface area contributed by atoms with Gasteiger partial charge in [0.05, 0.1) is 19.1 Å². The smallest absolute Gasteiger partial charge is 0.329 e. The van der Waals surface area contributed by atoms with E-state index in [1.807, 2.05) is 6.92 Å². The Bertz CT molecular complexity index is 355. The highest BCUT2D eigenvalue weighted by Crippen LogP contribution is 2.33. The van der Waals surface area contributed by atoms with Crippen LogP contribution < -0.4 is 5.32 Å². The second-order valence-corrected chi connectivity index (χ2v) is 5.24. The number of rotatable bonds is 4. The highest BCUT2D eigenvalue weighted by atomic mass is 16.5. The molecule has 0 aromatic rings. The molecular formula is C13H22N2O4. The number of likely N-dealkylation sites (tertiary alicyclic amines) is 1. The molecule has 2 fully saturated rings. The summed E-state index contributed by atoms with van der Waals surface area (Å²) in [6.07, 6.45) is 1.90. The minimum absolute atomic E-state index is 0.101. The number of morpholine rings is 1. The van der Waals surface area contributed by atoms with Gasteiger partial charge in [-0.3, -0.25) is 4.79 Å². The van der Waals surface area contributed by atoms with Crippen molar-refractivity contribution in [2.24, 2.45) is 0 Å². The molecule has 0 bridgehead atoms. The maximum atomic E-state index is 12.3. The third-order valence-electron chi connectivity index (χ3n) is 4.18. The molecule has 0 spiro atoms. The average Bonchev–Trinajstić information content (AvgIpc) is 2.85. The van der Waals surface area contributed by atoms with Crippen LogP contribution in [0.4, 0.5) is 0 Å². The predicted octanol–water partition coefficient (Wildman–Crippen LogP) is 0.221. The van der Waals surface area contributed by atoms with Crippen molar-refractivity contribution in [1.29, 1.82) is 0 Å². The lowest BCUT2D eigenvalue weighted by molar-refractivity contribution is -0.158. The molecule has 0 radical (unpaired) electrons. The first kappa shape index (κ1) is 14.3. The summed E-state index contributed by atoms with van der Waals surface area (Å²) in [4.78, 5) is 25.4. The van der Waals surface area contributed by atoms with Crippen molar-refractivity contribution < 1.29 is 19.4 Å². The minimum atomic E-state index is -1.00. The van der Waals surface area contributed by atoms with E-state index in [4.69, 9.17) is 4.74 Å². The highest BCUT2D eigenvalue weighted by molar-refractivity contribution is 5.88. The molecule has 108 valence electrons. The lowest BCUT2D eigenvalue weighted by Gasteiger charge is -2.35. The van der Waals surface area contributed by atoms with Crippen molar-refractivity contribution in [2.45, 2.75) is 44.2 Å². The molecule has 0 saturated carbocycles. The summed E-state index contributed by atoms with van der Waals surface area (Å²) < 4.78 is 5.51.